The van der Waals surface area contributed by atoms with E-state index in [2.05, 4.69) is 26.7 Å². The van der Waals surface area contributed by atoms with Gasteiger partial charge in [0.1, 0.15) is 6.04 Å². The van der Waals surface area contributed by atoms with Gasteiger partial charge in [0.2, 0.25) is 11.9 Å². The number of rotatable bonds is 8. The Balaban J connectivity index is 1.20. The van der Waals surface area contributed by atoms with Crippen molar-refractivity contribution in [3.05, 3.63) is 75.9 Å². The molecule has 0 bridgehead atoms. The molecule has 1 atom stereocenters. The molecule has 3 N–H and O–H groups in total. The number of fused-ring (bicyclic) bond motifs is 1. The normalized spacial score (nSPS) is 18.8. The molecule has 1 saturated carbocycles. The van der Waals surface area contributed by atoms with Gasteiger partial charge in [-0.25, -0.2) is 9.97 Å². The SMILES string of the molecule is Cc1cccc(C2(NC(=O)C(CO)N3Cc4ccc(-c5nc(NC6CCOCC6)ncc5Cl)cc4C3=O)CC2)c1. The molecule has 9 nitrogen and oxygen atoms in total. The molecule has 1 aromatic heterocycles. The molecule has 3 aromatic rings. The fraction of sp³-hybridized carbons (Fsp3) is 0.400. The number of aliphatic hydroxyl groups excluding tert-OH is 1. The van der Waals surface area contributed by atoms with Crippen molar-refractivity contribution in [1.82, 2.24) is 20.2 Å². The van der Waals surface area contributed by atoms with Gasteiger partial charge in [0, 0.05) is 36.9 Å². The van der Waals surface area contributed by atoms with Crippen molar-refractivity contribution in [2.45, 2.75) is 56.8 Å². The van der Waals surface area contributed by atoms with E-state index in [0.29, 0.717) is 41.0 Å². The minimum absolute atomic E-state index is 0.222. The second-order valence-electron chi connectivity index (χ2n) is 10.9. The molecule has 2 fully saturated rings. The number of hydrogen-bond acceptors (Lipinski definition) is 7. The molecule has 1 saturated heterocycles. The van der Waals surface area contributed by atoms with Crippen LogP contribution in [0.3, 0.4) is 0 Å². The van der Waals surface area contributed by atoms with Crippen molar-refractivity contribution in [3.8, 4) is 11.3 Å². The summed E-state index contributed by atoms with van der Waals surface area (Å²) in [5.74, 6) is -0.192. The quantitative estimate of drug-likeness (QED) is 0.383. The first-order valence-corrected chi connectivity index (χ1v) is 14.1. The summed E-state index contributed by atoms with van der Waals surface area (Å²) >= 11 is 6.48. The molecule has 1 aliphatic carbocycles. The third-order valence-corrected chi connectivity index (χ3v) is 8.33. The van der Waals surface area contributed by atoms with Gasteiger partial charge < -0.3 is 25.4 Å². The first-order valence-electron chi connectivity index (χ1n) is 13.7. The summed E-state index contributed by atoms with van der Waals surface area (Å²) in [5, 5.41) is 17.1. The Labute approximate surface area is 237 Å². The van der Waals surface area contributed by atoms with Crippen LogP contribution in [0.4, 0.5) is 5.95 Å². The molecule has 1 unspecified atom stereocenters. The van der Waals surface area contributed by atoms with Crippen LogP contribution in [0.5, 0.6) is 0 Å². The van der Waals surface area contributed by atoms with Gasteiger partial charge in [-0.2, -0.15) is 0 Å². The number of aromatic nitrogens is 2. The summed E-state index contributed by atoms with van der Waals surface area (Å²) < 4.78 is 5.42. The number of nitrogens with one attached hydrogen (secondary N) is 2. The van der Waals surface area contributed by atoms with Crippen LogP contribution in [0.15, 0.2) is 48.7 Å². The predicted molar refractivity (Wildman–Crippen MR) is 151 cm³/mol. The van der Waals surface area contributed by atoms with E-state index in [0.717, 1.165) is 42.4 Å². The Morgan fingerprint density at radius 3 is 2.75 bits per heavy atom. The van der Waals surface area contributed by atoms with Crippen molar-refractivity contribution in [3.63, 3.8) is 0 Å². The lowest BCUT2D eigenvalue weighted by Gasteiger charge is -2.28. The summed E-state index contributed by atoms with van der Waals surface area (Å²) in [5.41, 5.74) is 4.17. The Morgan fingerprint density at radius 2 is 2.02 bits per heavy atom. The van der Waals surface area contributed by atoms with E-state index in [4.69, 9.17) is 16.3 Å². The molecule has 2 amide bonds. The van der Waals surface area contributed by atoms with Gasteiger partial charge >= 0.3 is 0 Å². The highest BCUT2D eigenvalue weighted by Crippen LogP contribution is 2.46. The number of halogens is 1. The third kappa shape index (κ3) is 5.16. The van der Waals surface area contributed by atoms with Crippen molar-refractivity contribution in [1.29, 1.82) is 0 Å². The molecular weight excluding hydrogens is 530 g/mol. The maximum absolute atomic E-state index is 13.5. The topological polar surface area (TPSA) is 117 Å². The molecule has 2 aliphatic heterocycles. The van der Waals surface area contributed by atoms with E-state index < -0.39 is 18.2 Å². The molecule has 40 heavy (non-hydrogen) atoms. The highest BCUT2D eigenvalue weighted by molar-refractivity contribution is 6.33. The number of aryl methyl sites for hydroxylation is 1. The Hall–Kier alpha value is -3.53. The number of anilines is 1. The minimum Gasteiger partial charge on any atom is -0.394 e. The predicted octanol–water partition coefficient (Wildman–Crippen LogP) is 3.82. The van der Waals surface area contributed by atoms with Gasteiger partial charge in [-0.1, -0.05) is 53.6 Å². The van der Waals surface area contributed by atoms with Crippen LogP contribution in [0, 0.1) is 6.92 Å². The van der Waals surface area contributed by atoms with E-state index in [1.165, 1.54) is 4.90 Å². The highest BCUT2D eigenvalue weighted by atomic mass is 35.5. The summed E-state index contributed by atoms with van der Waals surface area (Å²) in [6.45, 7) is 3.17. The van der Waals surface area contributed by atoms with E-state index >= 15 is 0 Å². The van der Waals surface area contributed by atoms with Crippen LogP contribution >= 0.6 is 11.6 Å². The summed E-state index contributed by atoms with van der Waals surface area (Å²) in [6.07, 6.45) is 4.94. The molecule has 0 spiro atoms. The molecule has 0 radical (unpaired) electrons. The zero-order chi connectivity index (χ0) is 27.9. The van der Waals surface area contributed by atoms with E-state index in [1.807, 2.05) is 37.3 Å². The van der Waals surface area contributed by atoms with Gasteiger partial charge in [0.25, 0.3) is 5.91 Å². The summed E-state index contributed by atoms with van der Waals surface area (Å²) in [7, 11) is 0. The van der Waals surface area contributed by atoms with Gasteiger partial charge in [-0.3, -0.25) is 9.59 Å². The number of benzene rings is 2. The largest absolute Gasteiger partial charge is 0.394 e. The van der Waals surface area contributed by atoms with E-state index in [-0.39, 0.29) is 24.4 Å². The lowest BCUT2D eigenvalue weighted by molar-refractivity contribution is -0.128. The van der Waals surface area contributed by atoms with Crippen LogP contribution in [0.25, 0.3) is 11.3 Å². The number of amides is 2. The Morgan fingerprint density at radius 1 is 1.23 bits per heavy atom. The second-order valence-corrected chi connectivity index (χ2v) is 11.3. The average Bonchev–Trinajstić information content (AvgIpc) is 3.67. The number of carbonyl (C=O) groups excluding carboxylic acids is 2. The van der Waals surface area contributed by atoms with Gasteiger partial charge in [-0.15, -0.1) is 0 Å². The van der Waals surface area contributed by atoms with Crippen LogP contribution in [0.1, 0.15) is 52.7 Å². The molecule has 3 heterocycles. The third-order valence-electron chi connectivity index (χ3n) is 8.05. The monoisotopic (exact) mass is 561 g/mol. The smallest absolute Gasteiger partial charge is 0.255 e. The minimum atomic E-state index is -0.997. The molecule has 3 aliphatic rings. The molecule has 10 heteroatoms. The first-order chi connectivity index (χ1) is 19.4. The molecule has 6 rings (SSSR count). The van der Waals surface area contributed by atoms with Gasteiger partial charge in [0.15, 0.2) is 0 Å². The number of aliphatic hydroxyl groups is 1. The number of nitrogens with zero attached hydrogens (tertiary/aromatic N) is 3. The Kier molecular flexibility index (Phi) is 7.20. The first kappa shape index (κ1) is 26.7. The van der Waals surface area contributed by atoms with Crippen molar-refractivity contribution >= 4 is 29.4 Å². The maximum atomic E-state index is 13.5. The second kappa shape index (κ2) is 10.8. The average molecular weight is 562 g/mol. The van der Waals surface area contributed by atoms with Crippen LogP contribution in [0.2, 0.25) is 5.02 Å². The van der Waals surface area contributed by atoms with E-state index in [9.17, 15) is 14.7 Å². The fourth-order valence-corrected chi connectivity index (χ4v) is 5.78. The standard InChI is InChI=1S/C30H32ClN5O4/c1-18-3-2-4-21(13-18)30(9-10-30)35-27(38)25(17-37)36-16-20-6-5-19(14-23(20)28(36)39)26-24(31)15-32-29(34-26)33-22-7-11-40-12-8-22/h2-6,13-15,22,25,37H,7-12,16-17H2,1H3,(H,35,38)(H,32,33,34). The molecule has 2 aromatic carbocycles. The van der Waals surface area contributed by atoms with Crippen molar-refractivity contribution < 1.29 is 19.4 Å². The zero-order valence-electron chi connectivity index (χ0n) is 22.3. The van der Waals surface area contributed by atoms with Crippen LogP contribution in [-0.2, 0) is 21.6 Å². The number of hydrogen-bond donors (Lipinski definition) is 3. The summed E-state index contributed by atoms with van der Waals surface area (Å²) in [4.78, 5) is 37.3. The van der Waals surface area contributed by atoms with Gasteiger partial charge in [0.05, 0.1) is 29.1 Å². The fourth-order valence-electron chi connectivity index (χ4n) is 5.58. The van der Waals surface area contributed by atoms with Gasteiger partial charge in [-0.05, 0) is 49.8 Å². The van der Waals surface area contributed by atoms with Crippen LogP contribution < -0.4 is 10.6 Å². The number of ether oxygens (including phenoxy) is 1. The van der Waals surface area contributed by atoms with E-state index in [1.54, 1.807) is 12.3 Å². The zero-order valence-corrected chi connectivity index (χ0v) is 23.1. The van der Waals surface area contributed by atoms with Crippen LogP contribution in [-0.4, -0.2) is 63.7 Å². The van der Waals surface area contributed by atoms with Crippen molar-refractivity contribution in [2.75, 3.05) is 25.1 Å². The lowest BCUT2D eigenvalue weighted by Crippen LogP contribution is -2.51. The maximum Gasteiger partial charge on any atom is 0.255 e. The lowest BCUT2D eigenvalue weighted by atomic mass is 10.0. The van der Waals surface area contributed by atoms with Crippen molar-refractivity contribution in [2.24, 2.45) is 0 Å². The number of carbonyl (C=O) groups is 2. The highest BCUT2D eigenvalue weighted by Gasteiger charge is 2.48. The summed E-state index contributed by atoms with van der Waals surface area (Å²) in [6, 6.07) is 12.8. The molecular formula is C30H32ClN5O4. The Bertz CT molecular complexity index is 1450. The molecule has 208 valence electrons.